The Kier molecular flexibility index (Phi) is 9.95. The maximum Gasteiger partial charge on any atom is 0.247 e. The summed E-state index contributed by atoms with van der Waals surface area (Å²) in [5.41, 5.74) is 11.7. The van der Waals surface area contributed by atoms with Crippen LogP contribution in [0.5, 0.6) is 0 Å². The SMILES string of the molecule is CCCC(=O)N(C)[C@H](CN)C(=O)N(C)[C@@H](CC(C)(C)OCc1ccccc1)C(N)=O. The molecule has 3 amide bonds. The Labute approximate surface area is 179 Å². The summed E-state index contributed by atoms with van der Waals surface area (Å²) in [6, 6.07) is 7.92. The number of amides is 3. The Morgan fingerprint density at radius 3 is 2.17 bits per heavy atom. The van der Waals surface area contributed by atoms with Crippen molar-refractivity contribution < 1.29 is 19.1 Å². The van der Waals surface area contributed by atoms with E-state index in [1.165, 1.54) is 16.8 Å². The normalized spacial score (nSPS) is 13.4. The molecule has 1 aromatic rings. The van der Waals surface area contributed by atoms with E-state index in [0.717, 1.165) is 5.56 Å². The first-order chi connectivity index (χ1) is 14.0. The number of carbonyl (C=O) groups excluding carboxylic acids is 3. The fourth-order valence-electron chi connectivity index (χ4n) is 3.18. The van der Waals surface area contributed by atoms with E-state index < -0.39 is 29.5 Å². The van der Waals surface area contributed by atoms with Gasteiger partial charge in [0.15, 0.2) is 0 Å². The van der Waals surface area contributed by atoms with Crippen LogP contribution in [0.4, 0.5) is 0 Å². The van der Waals surface area contributed by atoms with Crippen molar-refractivity contribution >= 4 is 17.7 Å². The van der Waals surface area contributed by atoms with E-state index in [-0.39, 0.29) is 18.9 Å². The van der Waals surface area contributed by atoms with Gasteiger partial charge in [-0.25, -0.2) is 0 Å². The van der Waals surface area contributed by atoms with Gasteiger partial charge in [-0.05, 0) is 25.8 Å². The number of likely N-dealkylation sites (N-methyl/N-ethyl adjacent to an activating group) is 2. The Bertz CT molecular complexity index is 708. The Morgan fingerprint density at radius 1 is 1.07 bits per heavy atom. The van der Waals surface area contributed by atoms with E-state index in [9.17, 15) is 14.4 Å². The first-order valence-corrected chi connectivity index (χ1v) is 10.2. The molecule has 1 rings (SSSR count). The van der Waals surface area contributed by atoms with Gasteiger partial charge in [-0.2, -0.15) is 0 Å². The zero-order chi connectivity index (χ0) is 22.9. The molecule has 0 aliphatic heterocycles. The molecule has 1 aromatic carbocycles. The highest BCUT2D eigenvalue weighted by Gasteiger charge is 2.36. The van der Waals surface area contributed by atoms with E-state index in [1.54, 1.807) is 7.05 Å². The van der Waals surface area contributed by atoms with Gasteiger partial charge in [-0.3, -0.25) is 14.4 Å². The van der Waals surface area contributed by atoms with Crippen molar-refractivity contribution in [1.82, 2.24) is 9.80 Å². The van der Waals surface area contributed by atoms with Crippen LogP contribution in [-0.4, -0.2) is 65.8 Å². The summed E-state index contributed by atoms with van der Waals surface area (Å²) in [4.78, 5) is 40.1. The van der Waals surface area contributed by atoms with E-state index in [1.807, 2.05) is 51.1 Å². The predicted octanol–water partition coefficient (Wildman–Crippen LogP) is 1.27. The van der Waals surface area contributed by atoms with Crippen molar-refractivity contribution in [2.24, 2.45) is 11.5 Å². The summed E-state index contributed by atoms with van der Waals surface area (Å²) in [7, 11) is 3.05. The van der Waals surface area contributed by atoms with Crippen LogP contribution >= 0.6 is 0 Å². The van der Waals surface area contributed by atoms with Gasteiger partial charge >= 0.3 is 0 Å². The highest BCUT2D eigenvalue weighted by atomic mass is 16.5. The lowest BCUT2D eigenvalue weighted by molar-refractivity contribution is -0.148. The van der Waals surface area contributed by atoms with Gasteiger partial charge in [0.1, 0.15) is 12.1 Å². The van der Waals surface area contributed by atoms with E-state index in [2.05, 4.69) is 0 Å². The molecule has 0 saturated heterocycles. The lowest BCUT2D eigenvalue weighted by Gasteiger charge is -2.36. The summed E-state index contributed by atoms with van der Waals surface area (Å²) in [5.74, 6) is -1.23. The number of ether oxygens (including phenoxy) is 1. The third-order valence-corrected chi connectivity index (χ3v) is 5.13. The molecule has 0 radical (unpaired) electrons. The molecule has 0 unspecified atom stereocenters. The maximum atomic E-state index is 13.0. The summed E-state index contributed by atoms with van der Waals surface area (Å²) < 4.78 is 6.00. The van der Waals surface area contributed by atoms with Gasteiger partial charge in [-0.1, -0.05) is 37.3 Å². The molecule has 30 heavy (non-hydrogen) atoms. The van der Waals surface area contributed by atoms with Crippen LogP contribution in [0.3, 0.4) is 0 Å². The smallest absolute Gasteiger partial charge is 0.247 e. The Hall–Kier alpha value is -2.45. The molecule has 0 bridgehead atoms. The third-order valence-electron chi connectivity index (χ3n) is 5.13. The number of benzene rings is 1. The van der Waals surface area contributed by atoms with Crippen LogP contribution in [0, 0.1) is 0 Å². The second-order valence-corrected chi connectivity index (χ2v) is 8.11. The molecule has 0 spiro atoms. The molecule has 0 aliphatic carbocycles. The lowest BCUT2D eigenvalue weighted by Crippen LogP contribution is -2.57. The minimum atomic E-state index is -0.896. The zero-order valence-electron chi connectivity index (χ0n) is 18.8. The number of rotatable bonds is 12. The van der Waals surface area contributed by atoms with Crippen LogP contribution in [-0.2, 0) is 25.7 Å². The van der Waals surface area contributed by atoms with Crippen molar-refractivity contribution in [3.05, 3.63) is 35.9 Å². The van der Waals surface area contributed by atoms with E-state index >= 15 is 0 Å². The molecule has 0 heterocycles. The minimum absolute atomic E-state index is 0.0471. The number of nitrogens with two attached hydrogens (primary N) is 2. The van der Waals surface area contributed by atoms with Crippen molar-refractivity contribution in [2.75, 3.05) is 20.6 Å². The third kappa shape index (κ3) is 7.42. The number of carbonyl (C=O) groups is 3. The van der Waals surface area contributed by atoms with Crippen LogP contribution in [0.1, 0.15) is 45.6 Å². The van der Waals surface area contributed by atoms with Crippen LogP contribution in [0.15, 0.2) is 30.3 Å². The number of hydrogen-bond acceptors (Lipinski definition) is 5. The van der Waals surface area contributed by atoms with Crippen LogP contribution in [0.2, 0.25) is 0 Å². The molecule has 8 nitrogen and oxygen atoms in total. The average Bonchev–Trinajstić information content (AvgIpc) is 2.71. The van der Waals surface area contributed by atoms with Gasteiger partial charge in [0.2, 0.25) is 17.7 Å². The minimum Gasteiger partial charge on any atom is -0.371 e. The van der Waals surface area contributed by atoms with Crippen molar-refractivity contribution in [3.63, 3.8) is 0 Å². The molecule has 8 heteroatoms. The number of nitrogens with zero attached hydrogens (tertiary/aromatic N) is 2. The molecule has 0 aromatic heterocycles. The zero-order valence-corrected chi connectivity index (χ0v) is 18.8. The second-order valence-electron chi connectivity index (χ2n) is 8.11. The largest absolute Gasteiger partial charge is 0.371 e. The number of primary amides is 1. The van der Waals surface area contributed by atoms with Crippen LogP contribution in [0.25, 0.3) is 0 Å². The Morgan fingerprint density at radius 2 is 1.67 bits per heavy atom. The summed E-state index contributed by atoms with van der Waals surface area (Å²) >= 11 is 0. The standard InChI is InChI=1S/C22H36N4O4/c1-6-10-19(27)25(4)18(14-23)21(29)26(5)17(20(24)28)13-22(2,3)30-15-16-11-8-7-9-12-16/h7-9,11-12,17-18H,6,10,13-15,23H2,1-5H3,(H2,24,28)/t17-,18+/m0/s1. The van der Waals surface area contributed by atoms with Gasteiger partial charge in [0.25, 0.3) is 0 Å². The Balaban J connectivity index is 2.89. The molecule has 4 N–H and O–H groups in total. The molecule has 2 atom stereocenters. The number of hydrogen-bond donors (Lipinski definition) is 2. The van der Waals surface area contributed by atoms with Gasteiger partial charge in [0, 0.05) is 33.5 Å². The molecular weight excluding hydrogens is 384 g/mol. The van der Waals surface area contributed by atoms with Gasteiger partial charge in [-0.15, -0.1) is 0 Å². The first-order valence-electron chi connectivity index (χ1n) is 10.2. The molecule has 0 saturated carbocycles. The summed E-state index contributed by atoms with van der Waals surface area (Å²) in [6.07, 6.45) is 1.20. The average molecular weight is 421 g/mol. The molecule has 168 valence electrons. The fourth-order valence-corrected chi connectivity index (χ4v) is 3.18. The van der Waals surface area contributed by atoms with Gasteiger partial charge in [0.05, 0.1) is 12.2 Å². The van der Waals surface area contributed by atoms with E-state index in [0.29, 0.717) is 19.4 Å². The molecule has 0 fully saturated rings. The predicted molar refractivity (Wildman–Crippen MR) is 116 cm³/mol. The first kappa shape index (κ1) is 25.6. The second kappa shape index (κ2) is 11.7. The molecule has 0 aliphatic rings. The fraction of sp³-hybridized carbons (Fsp3) is 0.591. The summed E-state index contributed by atoms with van der Waals surface area (Å²) in [6.45, 7) is 5.91. The summed E-state index contributed by atoms with van der Waals surface area (Å²) in [5, 5.41) is 0. The highest BCUT2D eigenvalue weighted by molar-refractivity contribution is 5.91. The highest BCUT2D eigenvalue weighted by Crippen LogP contribution is 2.22. The van der Waals surface area contributed by atoms with Gasteiger partial charge < -0.3 is 26.0 Å². The lowest BCUT2D eigenvalue weighted by atomic mass is 9.96. The van der Waals surface area contributed by atoms with Crippen LogP contribution < -0.4 is 11.5 Å². The molecular formula is C22H36N4O4. The van der Waals surface area contributed by atoms with E-state index in [4.69, 9.17) is 16.2 Å². The van der Waals surface area contributed by atoms with Crippen molar-refractivity contribution in [3.8, 4) is 0 Å². The topological polar surface area (TPSA) is 119 Å². The monoisotopic (exact) mass is 420 g/mol. The maximum absolute atomic E-state index is 13.0. The van der Waals surface area contributed by atoms with Crippen molar-refractivity contribution in [2.45, 2.75) is 64.3 Å². The van der Waals surface area contributed by atoms with Crippen molar-refractivity contribution in [1.29, 1.82) is 0 Å². The quantitative estimate of drug-likeness (QED) is 0.528.